The van der Waals surface area contributed by atoms with Gasteiger partial charge >= 0.3 is 18.2 Å². The fourth-order valence-electron chi connectivity index (χ4n) is 4.45. The number of piperidine rings is 1. The van der Waals surface area contributed by atoms with E-state index in [1.807, 2.05) is 0 Å². The quantitative estimate of drug-likeness (QED) is 0.614. The van der Waals surface area contributed by atoms with Crippen LogP contribution < -0.4 is 0 Å². The number of amides is 4. The molecule has 1 aromatic heterocycles. The van der Waals surface area contributed by atoms with Crippen LogP contribution in [-0.4, -0.2) is 96.8 Å². The van der Waals surface area contributed by atoms with E-state index < -0.39 is 41.5 Å². The molecule has 0 radical (unpaired) electrons. The summed E-state index contributed by atoms with van der Waals surface area (Å²) in [5, 5.41) is 19.1. The molecule has 194 valence electrons. The van der Waals surface area contributed by atoms with Gasteiger partial charge in [-0.25, -0.2) is 19.4 Å². The standard InChI is InChI=1S/C22H34N6O7/c1-21(2,3)34-19(30)25-9-10-26(20(31)35-22(4,5)6)15(12-25)17-24-23-16(33-17)14-8-7-13-11-27(14)18(29)28(13)32/h13-15,32H,7-12H2,1-6H3/t13-,14-,15-/m0/s1. The van der Waals surface area contributed by atoms with Crippen molar-refractivity contribution in [2.75, 3.05) is 26.2 Å². The van der Waals surface area contributed by atoms with E-state index >= 15 is 0 Å². The van der Waals surface area contributed by atoms with Crippen molar-refractivity contribution >= 4 is 18.2 Å². The predicted molar refractivity (Wildman–Crippen MR) is 119 cm³/mol. The van der Waals surface area contributed by atoms with E-state index in [9.17, 15) is 19.6 Å². The SMILES string of the molecule is CC(C)(C)OC(=O)N1CCN(C(=O)OC(C)(C)C)[C@H](c2nnc([C@@H]3CC[C@H]4CN3C(=O)N4O)o2)C1. The van der Waals surface area contributed by atoms with Gasteiger partial charge in [0.05, 0.1) is 12.6 Å². The molecule has 35 heavy (non-hydrogen) atoms. The zero-order valence-electron chi connectivity index (χ0n) is 21.1. The molecule has 2 bridgehead atoms. The maximum absolute atomic E-state index is 13.0. The molecule has 0 unspecified atom stereocenters. The Balaban J connectivity index is 1.57. The maximum atomic E-state index is 13.0. The minimum atomic E-state index is -0.757. The van der Waals surface area contributed by atoms with Crippen LogP contribution in [0.3, 0.4) is 0 Å². The van der Waals surface area contributed by atoms with E-state index in [0.29, 0.717) is 19.4 Å². The van der Waals surface area contributed by atoms with E-state index in [1.54, 1.807) is 41.5 Å². The summed E-state index contributed by atoms with van der Waals surface area (Å²) in [6, 6.07) is -1.98. The zero-order chi connectivity index (χ0) is 25.7. The first-order valence-electron chi connectivity index (χ1n) is 11.8. The molecule has 0 spiro atoms. The van der Waals surface area contributed by atoms with Crippen molar-refractivity contribution in [2.45, 2.75) is 83.7 Å². The van der Waals surface area contributed by atoms with Gasteiger partial charge in [0, 0.05) is 19.6 Å². The summed E-state index contributed by atoms with van der Waals surface area (Å²) >= 11 is 0. The van der Waals surface area contributed by atoms with Crippen LogP contribution in [-0.2, 0) is 9.47 Å². The van der Waals surface area contributed by atoms with Crippen LogP contribution in [0.25, 0.3) is 0 Å². The Bertz CT molecular complexity index is 984. The molecule has 1 N–H and O–H groups in total. The number of carbonyl (C=O) groups excluding carboxylic acids is 3. The van der Waals surface area contributed by atoms with Gasteiger partial charge < -0.3 is 23.7 Å². The predicted octanol–water partition coefficient (Wildman–Crippen LogP) is 2.93. The average molecular weight is 495 g/mol. The summed E-state index contributed by atoms with van der Waals surface area (Å²) in [4.78, 5) is 42.6. The highest BCUT2D eigenvalue weighted by molar-refractivity contribution is 5.76. The summed E-state index contributed by atoms with van der Waals surface area (Å²) in [7, 11) is 0. The Kier molecular flexibility index (Phi) is 6.32. The molecule has 0 aliphatic carbocycles. The highest BCUT2D eigenvalue weighted by atomic mass is 16.6. The minimum absolute atomic E-state index is 0.0790. The molecule has 3 saturated heterocycles. The Morgan fingerprint density at radius 1 is 0.914 bits per heavy atom. The topological polar surface area (TPSA) is 142 Å². The first-order chi connectivity index (χ1) is 16.2. The van der Waals surface area contributed by atoms with Gasteiger partial charge in [0.25, 0.3) is 0 Å². The van der Waals surface area contributed by atoms with E-state index in [1.165, 1.54) is 14.7 Å². The second kappa shape index (κ2) is 8.85. The van der Waals surface area contributed by atoms with Crippen molar-refractivity contribution < 1.29 is 33.5 Å². The van der Waals surface area contributed by atoms with E-state index in [0.717, 1.165) is 5.06 Å². The molecule has 3 fully saturated rings. The number of rotatable bonds is 2. The van der Waals surface area contributed by atoms with Crippen molar-refractivity contribution in [3.05, 3.63) is 11.8 Å². The lowest BCUT2D eigenvalue weighted by molar-refractivity contribution is -0.0584. The summed E-state index contributed by atoms with van der Waals surface area (Å²) < 4.78 is 17.1. The van der Waals surface area contributed by atoms with E-state index in [2.05, 4.69) is 10.2 Å². The second-order valence-electron chi connectivity index (χ2n) is 11.1. The average Bonchev–Trinajstić information content (AvgIpc) is 3.32. The molecule has 13 heteroatoms. The highest BCUT2D eigenvalue weighted by Gasteiger charge is 2.47. The molecular weight excluding hydrogens is 460 g/mol. The Labute approximate surface area is 203 Å². The van der Waals surface area contributed by atoms with Crippen molar-refractivity contribution in [1.82, 2.24) is 30.0 Å². The minimum Gasteiger partial charge on any atom is -0.444 e. The zero-order valence-corrected chi connectivity index (χ0v) is 21.1. The molecular formula is C22H34N6O7. The van der Waals surface area contributed by atoms with Gasteiger partial charge in [-0.15, -0.1) is 10.2 Å². The van der Waals surface area contributed by atoms with Crippen molar-refractivity contribution in [1.29, 1.82) is 0 Å². The van der Waals surface area contributed by atoms with Crippen molar-refractivity contribution in [3.8, 4) is 0 Å². The van der Waals surface area contributed by atoms with Gasteiger partial charge in [-0.1, -0.05) is 0 Å². The van der Waals surface area contributed by atoms with Gasteiger partial charge in [-0.05, 0) is 54.4 Å². The van der Waals surface area contributed by atoms with Gasteiger partial charge in [0.15, 0.2) is 0 Å². The molecule has 13 nitrogen and oxygen atoms in total. The monoisotopic (exact) mass is 494 g/mol. The molecule has 4 heterocycles. The molecule has 4 rings (SSSR count). The number of fused-ring (bicyclic) bond motifs is 2. The van der Waals surface area contributed by atoms with Gasteiger partial charge in [0.1, 0.15) is 23.3 Å². The lowest BCUT2D eigenvalue weighted by atomic mass is 10.0. The first kappa shape index (κ1) is 25.0. The number of hydrogen-bond donors (Lipinski definition) is 1. The van der Waals surface area contributed by atoms with Crippen LogP contribution in [0.2, 0.25) is 0 Å². The first-order valence-corrected chi connectivity index (χ1v) is 11.8. The van der Waals surface area contributed by atoms with Crippen LogP contribution in [0.5, 0.6) is 0 Å². The number of carbonyl (C=O) groups is 3. The second-order valence-corrected chi connectivity index (χ2v) is 11.1. The maximum Gasteiger partial charge on any atom is 0.411 e. The lowest BCUT2D eigenvalue weighted by Crippen LogP contribution is -2.54. The lowest BCUT2D eigenvalue weighted by Gasteiger charge is -2.40. The third-order valence-electron chi connectivity index (χ3n) is 6.03. The highest BCUT2D eigenvalue weighted by Crippen LogP contribution is 2.38. The van der Waals surface area contributed by atoms with Gasteiger partial charge in [-0.3, -0.25) is 10.1 Å². The smallest absolute Gasteiger partial charge is 0.411 e. The molecule has 0 aromatic carbocycles. The number of piperazine rings is 1. The Hall–Kier alpha value is -3.09. The normalized spacial score (nSPS) is 25.2. The molecule has 0 saturated carbocycles. The largest absolute Gasteiger partial charge is 0.444 e. The van der Waals surface area contributed by atoms with E-state index in [4.69, 9.17) is 13.9 Å². The van der Waals surface area contributed by atoms with Crippen molar-refractivity contribution in [3.63, 3.8) is 0 Å². The van der Waals surface area contributed by atoms with Crippen LogP contribution in [0.15, 0.2) is 4.42 Å². The van der Waals surface area contributed by atoms with Crippen LogP contribution in [0.4, 0.5) is 14.4 Å². The van der Waals surface area contributed by atoms with E-state index in [-0.39, 0.29) is 37.5 Å². The number of urea groups is 1. The van der Waals surface area contributed by atoms with Gasteiger partial charge in [-0.2, -0.15) is 0 Å². The number of hydrogen-bond acceptors (Lipinski definition) is 9. The fourth-order valence-corrected chi connectivity index (χ4v) is 4.45. The number of nitrogens with zero attached hydrogens (tertiary/aromatic N) is 6. The number of ether oxygens (including phenoxy) is 2. The fraction of sp³-hybridized carbons (Fsp3) is 0.773. The van der Waals surface area contributed by atoms with Crippen molar-refractivity contribution in [2.24, 2.45) is 0 Å². The summed E-state index contributed by atoms with van der Waals surface area (Å²) in [5.41, 5.74) is -1.39. The molecule has 3 atom stereocenters. The Morgan fingerprint density at radius 2 is 1.51 bits per heavy atom. The summed E-state index contributed by atoms with van der Waals surface area (Å²) in [5.74, 6) is 0.356. The van der Waals surface area contributed by atoms with Crippen LogP contribution >= 0.6 is 0 Å². The number of hydroxylamine groups is 2. The summed E-state index contributed by atoms with van der Waals surface area (Å²) in [6.07, 6.45) is 0.0907. The molecule has 3 aliphatic heterocycles. The molecule has 3 aliphatic rings. The van der Waals surface area contributed by atoms with Crippen LogP contribution in [0.1, 0.15) is 78.2 Å². The number of aromatic nitrogens is 2. The third-order valence-corrected chi connectivity index (χ3v) is 6.03. The third kappa shape index (κ3) is 5.29. The van der Waals surface area contributed by atoms with Gasteiger partial charge in [0.2, 0.25) is 11.8 Å². The molecule has 4 amide bonds. The molecule has 1 aromatic rings. The Morgan fingerprint density at radius 3 is 2.14 bits per heavy atom. The summed E-state index contributed by atoms with van der Waals surface area (Å²) in [6.45, 7) is 11.6. The van der Waals surface area contributed by atoms with Crippen LogP contribution in [0, 0.1) is 0 Å².